The molecule has 1 aliphatic rings. The van der Waals surface area contributed by atoms with Gasteiger partial charge in [0.15, 0.2) is 4.34 Å². The first-order chi connectivity index (χ1) is 11.6. The smallest absolute Gasteiger partial charge is 0.230 e. The lowest BCUT2D eigenvalue weighted by atomic mass is 9.95. The number of amides is 2. The number of carbonyl (C=O) groups excluding carboxylic acids is 2. The Morgan fingerprint density at radius 3 is 2.83 bits per heavy atom. The number of nitrogens with one attached hydrogen (secondary N) is 2. The van der Waals surface area contributed by atoms with Gasteiger partial charge >= 0.3 is 0 Å². The average Bonchev–Trinajstić information content (AvgIpc) is 2.95. The second kappa shape index (κ2) is 7.98. The third-order valence-corrected chi connectivity index (χ3v) is 6.15. The van der Waals surface area contributed by atoms with Gasteiger partial charge in [-0.3, -0.25) is 9.59 Å². The number of hydrogen-bond donors (Lipinski definition) is 2. The number of thioether (sulfide) groups is 1. The Morgan fingerprint density at radius 1 is 1.29 bits per heavy atom. The first-order valence-electron chi connectivity index (χ1n) is 8.20. The molecule has 1 heterocycles. The maximum atomic E-state index is 12.1. The number of thiazole rings is 1. The summed E-state index contributed by atoms with van der Waals surface area (Å²) in [4.78, 5) is 27.7. The molecule has 2 aromatic rings. The van der Waals surface area contributed by atoms with Crippen LogP contribution in [0.4, 0.5) is 5.69 Å². The molecule has 24 heavy (non-hydrogen) atoms. The molecule has 1 saturated carbocycles. The zero-order valence-electron chi connectivity index (χ0n) is 13.6. The average molecular weight is 364 g/mol. The number of benzene rings is 1. The normalized spacial score (nSPS) is 15.4. The van der Waals surface area contributed by atoms with E-state index in [2.05, 4.69) is 15.6 Å². The van der Waals surface area contributed by atoms with Crippen LogP contribution in [-0.2, 0) is 9.59 Å². The molecule has 0 atom stereocenters. The van der Waals surface area contributed by atoms with Gasteiger partial charge in [0.2, 0.25) is 11.8 Å². The molecule has 7 heteroatoms. The first kappa shape index (κ1) is 17.2. The number of nitrogens with zero attached hydrogens (tertiary/aromatic N) is 1. The Bertz CT molecular complexity index is 739. The van der Waals surface area contributed by atoms with Crippen molar-refractivity contribution in [3.05, 3.63) is 18.2 Å². The van der Waals surface area contributed by atoms with E-state index in [1.54, 1.807) is 11.3 Å². The fourth-order valence-electron chi connectivity index (χ4n) is 2.89. The summed E-state index contributed by atoms with van der Waals surface area (Å²) in [6.45, 7) is 1.49. The lowest BCUT2D eigenvalue weighted by Crippen LogP contribution is -2.37. The molecule has 0 bridgehead atoms. The quantitative estimate of drug-likeness (QED) is 0.793. The molecule has 0 radical (unpaired) electrons. The van der Waals surface area contributed by atoms with Crippen molar-refractivity contribution in [3.8, 4) is 0 Å². The van der Waals surface area contributed by atoms with Crippen LogP contribution in [0.25, 0.3) is 10.2 Å². The third-order valence-electron chi connectivity index (χ3n) is 3.99. The molecule has 128 valence electrons. The maximum absolute atomic E-state index is 12.1. The Morgan fingerprint density at radius 2 is 2.08 bits per heavy atom. The summed E-state index contributed by atoms with van der Waals surface area (Å²) in [7, 11) is 0. The Balaban J connectivity index is 1.56. The van der Waals surface area contributed by atoms with Crippen molar-refractivity contribution in [2.45, 2.75) is 49.4 Å². The summed E-state index contributed by atoms with van der Waals surface area (Å²) in [5, 5.41) is 5.89. The number of carbonyl (C=O) groups is 2. The second-order valence-electron chi connectivity index (χ2n) is 6.03. The van der Waals surface area contributed by atoms with Crippen LogP contribution in [0, 0.1) is 0 Å². The molecule has 0 unspecified atom stereocenters. The molecule has 5 nitrogen and oxygen atoms in total. The van der Waals surface area contributed by atoms with Crippen molar-refractivity contribution < 1.29 is 9.59 Å². The van der Waals surface area contributed by atoms with E-state index in [9.17, 15) is 9.59 Å². The van der Waals surface area contributed by atoms with Crippen LogP contribution in [0.1, 0.15) is 39.0 Å². The molecular formula is C17H21N3O2S2. The lowest BCUT2D eigenvalue weighted by molar-refractivity contribution is -0.119. The number of aromatic nitrogens is 1. The highest BCUT2D eigenvalue weighted by Gasteiger charge is 2.16. The highest BCUT2D eigenvalue weighted by atomic mass is 32.2. The van der Waals surface area contributed by atoms with Crippen LogP contribution in [-0.4, -0.2) is 28.6 Å². The molecule has 3 rings (SSSR count). The highest BCUT2D eigenvalue weighted by molar-refractivity contribution is 8.01. The van der Waals surface area contributed by atoms with E-state index in [0.717, 1.165) is 33.1 Å². The maximum Gasteiger partial charge on any atom is 0.230 e. The van der Waals surface area contributed by atoms with Crippen molar-refractivity contribution in [2.24, 2.45) is 0 Å². The lowest BCUT2D eigenvalue weighted by Gasteiger charge is -2.22. The van der Waals surface area contributed by atoms with Gasteiger partial charge in [0.25, 0.3) is 0 Å². The van der Waals surface area contributed by atoms with Crippen LogP contribution in [0.3, 0.4) is 0 Å². The van der Waals surface area contributed by atoms with Crippen molar-refractivity contribution >= 4 is 50.8 Å². The summed E-state index contributed by atoms with van der Waals surface area (Å²) in [5.74, 6) is 0.396. The molecule has 1 fully saturated rings. The minimum Gasteiger partial charge on any atom is -0.353 e. The van der Waals surface area contributed by atoms with E-state index < -0.39 is 0 Å². The van der Waals surface area contributed by atoms with Gasteiger partial charge in [-0.2, -0.15) is 0 Å². The standard InChI is InChI=1S/C17H21N3O2S2/c1-11(21)18-13-7-8-14-15(9-13)24-17(20-14)23-10-16(22)19-12-5-3-2-4-6-12/h7-9,12H,2-6,10H2,1H3,(H,18,21)(H,19,22). The van der Waals surface area contributed by atoms with Gasteiger partial charge in [0.1, 0.15) is 0 Å². The minimum absolute atomic E-state index is 0.0880. The Labute approximate surface area is 149 Å². The summed E-state index contributed by atoms with van der Waals surface area (Å²) in [6.07, 6.45) is 5.92. The molecule has 0 aliphatic heterocycles. The predicted octanol–water partition coefficient (Wildman–Crippen LogP) is 3.80. The van der Waals surface area contributed by atoms with E-state index in [1.165, 1.54) is 37.9 Å². The van der Waals surface area contributed by atoms with Crippen molar-refractivity contribution in [3.63, 3.8) is 0 Å². The molecule has 0 saturated heterocycles. The van der Waals surface area contributed by atoms with Crippen LogP contribution in [0.2, 0.25) is 0 Å². The molecule has 1 aromatic carbocycles. The molecule has 1 aliphatic carbocycles. The molecular weight excluding hydrogens is 342 g/mol. The first-order valence-corrected chi connectivity index (χ1v) is 10.0. The topological polar surface area (TPSA) is 71.1 Å². The summed E-state index contributed by atoms with van der Waals surface area (Å²) >= 11 is 3.02. The van der Waals surface area contributed by atoms with Gasteiger partial charge < -0.3 is 10.6 Å². The minimum atomic E-state index is -0.0900. The molecule has 0 spiro atoms. The van der Waals surface area contributed by atoms with Crippen LogP contribution >= 0.6 is 23.1 Å². The van der Waals surface area contributed by atoms with Crippen LogP contribution in [0.15, 0.2) is 22.5 Å². The van der Waals surface area contributed by atoms with Crippen molar-refractivity contribution in [1.29, 1.82) is 0 Å². The van der Waals surface area contributed by atoms with Gasteiger partial charge in [-0.15, -0.1) is 11.3 Å². The van der Waals surface area contributed by atoms with Crippen molar-refractivity contribution in [1.82, 2.24) is 10.3 Å². The zero-order valence-corrected chi connectivity index (χ0v) is 15.3. The van der Waals surface area contributed by atoms with Gasteiger partial charge in [-0.25, -0.2) is 4.98 Å². The summed E-state index contributed by atoms with van der Waals surface area (Å²) in [6, 6.07) is 6.00. The number of fused-ring (bicyclic) bond motifs is 1. The highest BCUT2D eigenvalue weighted by Crippen LogP contribution is 2.31. The Kier molecular flexibility index (Phi) is 5.73. The molecule has 1 aromatic heterocycles. The summed E-state index contributed by atoms with van der Waals surface area (Å²) in [5.41, 5.74) is 1.66. The third kappa shape index (κ3) is 4.70. The van der Waals surface area contributed by atoms with E-state index in [-0.39, 0.29) is 11.8 Å². The second-order valence-corrected chi connectivity index (χ2v) is 8.29. The van der Waals surface area contributed by atoms with Gasteiger partial charge in [-0.1, -0.05) is 31.0 Å². The monoisotopic (exact) mass is 363 g/mol. The number of rotatable bonds is 5. The Hall–Kier alpha value is -1.60. The largest absolute Gasteiger partial charge is 0.353 e. The molecule has 2 N–H and O–H groups in total. The van der Waals surface area contributed by atoms with E-state index in [0.29, 0.717) is 11.8 Å². The summed E-state index contributed by atoms with van der Waals surface area (Å²) < 4.78 is 1.89. The zero-order chi connectivity index (χ0) is 16.9. The van der Waals surface area contributed by atoms with E-state index >= 15 is 0 Å². The molecule has 2 amide bonds. The SMILES string of the molecule is CC(=O)Nc1ccc2nc(SCC(=O)NC3CCCCC3)sc2c1. The van der Waals surface area contributed by atoms with Gasteiger partial charge in [0.05, 0.1) is 16.0 Å². The number of hydrogen-bond acceptors (Lipinski definition) is 5. The fraction of sp³-hybridized carbons (Fsp3) is 0.471. The van der Waals surface area contributed by atoms with Crippen LogP contribution < -0.4 is 10.6 Å². The van der Waals surface area contributed by atoms with E-state index in [4.69, 9.17) is 0 Å². The van der Waals surface area contributed by atoms with Crippen LogP contribution in [0.5, 0.6) is 0 Å². The number of anilines is 1. The van der Waals surface area contributed by atoms with Gasteiger partial charge in [0, 0.05) is 18.7 Å². The fourth-order valence-corrected chi connectivity index (χ4v) is 4.81. The van der Waals surface area contributed by atoms with Crippen molar-refractivity contribution in [2.75, 3.05) is 11.1 Å². The predicted molar refractivity (Wildman–Crippen MR) is 99.7 cm³/mol. The van der Waals surface area contributed by atoms with E-state index in [1.807, 2.05) is 18.2 Å². The van der Waals surface area contributed by atoms with Gasteiger partial charge in [-0.05, 0) is 31.0 Å².